The molecule has 0 rings (SSSR count). The Hall–Kier alpha value is -0.410. The maximum Gasteiger partial charge on any atom is 0.142 e. The zero-order valence-corrected chi connectivity index (χ0v) is 6.50. The molecule has 0 saturated heterocycles. The van der Waals surface area contributed by atoms with Crippen LogP contribution >= 0.6 is 0 Å². The molecular weight excluding hydrogens is 130 g/mol. The van der Waals surface area contributed by atoms with E-state index < -0.39 is 5.54 Å². The van der Waals surface area contributed by atoms with Gasteiger partial charge in [0.2, 0.25) is 0 Å². The quantitative estimate of drug-likeness (QED) is 0.544. The minimum absolute atomic E-state index is 0.269. The van der Waals surface area contributed by atoms with Gasteiger partial charge >= 0.3 is 0 Å². The number of aliphatic hydroxyl groups is 1. The van der Waals surface area contributed by atoms with Crippen molar-refractivity contribution in [2.24, 2.45) is 11.7 Å². The molecule has 3 heteroatoms. The van der Waals surface area contributed by atoms with Gasteiger partial charge in [0.15, 0.2) is 0 Å². The fraction of sp³-hybridized carbons (Fsp3) is 0.857. The van der Waals surface area contributed by atoms with E-state index in [2.05, 4.69) is 0 Å². The fourth-order valence-corrected chi connectivity index (χ4v) is 0.910. The van der Waals surface area contributed by atoms with Crippen LogP contribution in [0, 0.1) is 5.92 Å². The third-order valence-electron chi connectivity index (χ3n) is 1.32. The van der Waals surface area contributed by atoms with Gasteiger partial charge in [0.25, 0.3) is 0 Å². The highest BCUT2D eigenvalue weighted by molar-refractivity contribution is 5.63. The van der Waals surface area contributed by atoms with E-state index >= 15 is 0 Å². The average Bonchev–Trinajstić information content (AvgIpc) is 1.87. The number of aldehydes is 1. The van der Waals surface area contributed by atoms with E-state index in [1.54, 1.807) is 0 Å². The number of carbonyl (C=O) groups is 1. The van der Waals surface area contributed by atoms with Gasteiger partial charge in [-0.1, -0.05) is 13.8 Å². The van der Waals surface area contributed by atoms with E-state index in [-0.39, 0.29) is 6.61 Å². The summed E-state index contributed by atoms with van der Waals surface area (Å²) in [4.78, 5) is 10.3. The summed E-state index contributed by atoms with van der Waals surface area (Å²) in [6.07, 6.45) is 1.15. The molecule has 0 heterocycles. The molecule has 1 atom stereocenters. The van der Waals surface area contributed by atoms with Crippen molar-refractivity contribution in [2.45, 2.75) is 25.8 Å². The molecule has 0 aliphatic heterocycles. The van der Waals surface area contributed by atoms with Crippen molar-refractivity contribution in [1.82, 2.24) is 0 Å². The molecule has 0 saturated carbocycles. The second kappa shape index (κ2) is 3.68. The van der Waals surface area contributed by atoms with Gasteiger partial charge in [-0.3, -0.25) is 0 Å². The zero-order chi connectivity index (χ0) is 8.20. The average molecular weight is 145 g/mol. The third-order valence-corrected chi connectivity index (χ3v) is 1.32. The van der Waals surface area contributed by atoms with Crippen LogP contribution in [0.5, 0.6) is 0 Å². The van der Waals surface area contributed by atoms with Crippen LogP contribution in [0.4, 0.5) is 0 Å². The topological polar surface area (TPSA) is 63.3 Å². The largest absolute Gasteiger partial charge is 0.394 e. The number of aliphatic hydroxyl groups excluding tert-OH is 1. The van der Waals surface area contributed by atoms with Crippen LogP contribution in [0.1, 0.15) is 20.3 Å². The lowest BCUT2D eigenvalue weighted by Crippen LogP contribution is -2.46. The van der Waals surface area contributed by atoms with Gasteiger partial charge in [0, 0.05) is 0 Å². The molecule has 0 aliphatic rings. The van der Waals surface area contributed by atoms with Crippen molar-refractivity contribution in [3.63, 3.8) is 0 Å². The van der Waals surface area contributed by atoms with Crippen LogP contribution in [0.25, 0.3) is 0 Å². The van der Waals surface area contributed by atoms with Gasteiger partial charge in [0.05, 0.1) is 12.1 Å². The lowest BCUT2D eigenvalue weighted by atomic mass is 9.92. The predicted molar refractivity (Wildman–Crippen MR) is 39.5 cm³/mol. The highest BCUT2D eigenvalue weighted by atomic mass is 16.3. The van der Waals surface area contributed by atoms with Crippen molar-refractivity contribution < 1.29 is 9.90 Å². The van der Waals surface area contributed by atoms with Gasteiger partial charge in [0.1, 0.15) is 6.29 Å². The first kappa shape index (κ1) is 9.59. The smallest absolute Gasteiger partial charge is 0.142 e. The van der Waals surface area contributed by atoms with Crippen LogP contribution in [-0.2, 0) is 4.79 Å². The maximum atomic E-state index is 10.3. The van der Waals surface area contributed by atoms with Crippen molar-refractivity contribution in [1.29, 1.82) is 0 Å². The molecule has 3 nitrogen and oxygen atoms in total. The molecule has 0 amide bonds. The molecule has 0 aromatic heterocycles. The van der Waals surface area contributed by atoms with Gasteiger partial charge in [-0.25, -0.2) is 0 Å². The summed E-state index contributed by atoms with van der Waals surface area (Å²) in [6, 6.07) is 0. The molecule has 0 spiro atoms. The van der Waals surface area contributed by atoms with E-state index in [1.807, 2.05) is 13.8 Å². The minimum Gasteiger partial charge on any atom is -0.394 e. The first-order valence-corrected chi connectivity index (χ1v) is 3.40. The Kier molecular flexibility index (Phi) is 3.53. The van der Waals surface area contributed by atoms with Crippen LogP contribution < -0.4 is 5.73 Å². The van der Waals surface area contributed by atoms with E-state index in [0.29, 0.717) is 18.6 Å². The molecule has 1 unspecified atom stereocenters. The van der Waals surface area contributed by atoms with E-state index in [1.165, 1.54) is 0 Å². The third kappa shape index (κ3) is 2.94. The predicted octanol–water partition coefficient (Wildman–Crippen LogP) is -0.0788. The van der Waals surface area contributed by atoms with Gasteiger partial charge < -0.3 is 15.6 Å². The molecule has 0 radical (unpaired) electrons. The first-order valence-electron chi connectivity index (χ1n) is 3.40. The Morgan fingerprint density at radius 2 is 2.20 bits per heavy atom. The summed E-state index contributed by atoms with van der Waals surface area (Å²) in [7, 11) is 0. The second-order valence-electron chi connectivity index (χ2n) is 3.11. The molecule has 0 fully saturated rings. The Balaban J connectivity index is 3.92. The van der Waals surface area contributed by atoms with Crippen molar-refractivity contribution >= 4 is 6.29 Å². The fourth-order valence-electron chi connectivity index (χ4n) is 0.910. The minimum atomic E-state index is -1.02. The number of nitrogens with two attached hydrogens (primary N) is 1. The van der Waals surface area contributed by atoms with Crippen molar-refractivity contribution in [3.05, 3.63) is 0 Å². The standard InChI is InChI=1S/C7H15NO2/c1-6(2)3-7(8,4-9)5-10/h4,6,10H,3,5,8H2,1-2H3. The monoisotopic (exact) mass is 145 g/mol. The molecule has 0 aliphatic carbocycles. The Labute approximate surface area is 61.2 Å². The Morgan fingerprint density at radius 3 is 2.30 bits per heavy atom. The number of hydrogen-bond acceptors (Lipinski definition) is 3. The number of carbonyl (C=O) groups excluding carboxylic acids is 1. The van der Waals surface area contributed by atoms with Crippen molar-refractivity contribution in [2.75, 3.05) is 6.61 Å². The van der Waals surface area contributed by atoms with Gasteiger partial charge in [-0.15, -0.1) is 0 Å². The van der Waals surface area contributed by atoms with E-state index in [9.17, 15) is 4.79 Å². The SMILES string of the molecule is CC(C)CC(N)(C=O)CO. The highest BCUT2D eigenvalue weighted by Gasteiger charge is 2.23. The van der Waals surface area contributed by atoms with Crippen LogP contribution in [0.3, 0.4) is 0 Å². The summed E-state index contributed by atoms with van der Waals surface area (Å²) >= 11 is 0. The normalized spacial score (nSPS) is 16.9. The lowest BCUT2D eigenvalue weighted by molar-refractivity contribution is -0.114. The van der Waals surface area contributed by atoms with Crippen LogP contribution in [0.15, 0.2) is 0 Å². The zero-order valence-electron chi connectivity index (χ0n) is 6.50. The Bertz CT molecular complexity index is 114. The number of rotatable bonds is 4. The van der Waals surface area contributed by atoms with Gasteiger partial charge in [-0.2, -0.15) is 0 Å². The lowest BCUT2D eigenvalue weighted by Gasteiger charge is -2.21. The molecule has 0 aromatic carbocycles. The molecule has 3 N–H and O–H groups in total. The van der Waals surface area contributed by atoms with Crippen molar-refractivity contribution in [3.8, 4) is 0 Å². The summed E-state index contributed by atoms with van der Waals surface area (Å²) in [6.45, 7) is 3.65. The molecule has 0 bridgehead atoms. The van der Waals surface area contributed by atoms with Gasteiger partial charge in [-0.05, 0) is 12.3 Å². The van der Waals surface area contributed by atoms with Crippen LogP contribution in [0.2, 0.25) is 0 Å². The highest BCUT2D eigenvalue weighted by Crippen LogP contribution is 2.10. The Morgan fingerprint density at radius 1 is 1.70 bits per heavy atom. The molecule has 0 aromatic rings. The summed E-state index contributed by atoms with van der Waals surface area (Å²) in [5.74, 6) is 0.336. The maximum absolute atomic E-state index is 10.3. The first-order chi connectivity index (χ1) is 4.54. The second-order valence-corrected chi connectivity index (χ2v) is 3.11. The van der Waals surface area contributed by atoms with E-state index in [4.69, 9.17) is 10.8 Å². The van der Waals surface area contributed by atoms with E-state index in [0.717, 1.165) is 0 Å². The molecule has 10 heavy (non-hydrogen) atoms. The molecular formula is C7H15NO2. The summed E-state index contributed by atoms with van der Waals surface area (Å²) in [5.41, 5.74) is 4.46. The summed E-state index contributed by atoms with van der Waals surface area (Å²) in [5, 5.41) is 8.68. The summed E-state index contributed by atoms with van der Waals surface area (Å²) < 4.78 is 0. The molecule has 60 valence electrons. The van der Waals surface area contributed by atoms with Crippen LogP contribution in [-0.4, -0.2) is 23.5 Å². The number of hydrogen-bond donors (Lipinski definition) is 2.